The van der Waals surface area contributed by atoms with Gasteiger partial charge in [0.15, 0.2) is 0 Å². The third-order valence-electron chi connectivity index (χ3n) is 3.49. The van der Waals surface area contributed by atoms with E-state index < -0.39 is 10.1 Å². The van der Waals surface area contributed by atoms with Crippen molar-refractivity contribution in [3.05, 3.63) is 0 Å². The van der Waals surface area contributed by atoms with E-state index in [0.29, 0.717) is 6.54 Å². The van der Waals surface area contributed by atoms with E-state index in [-0.39, 0.29) is 35.3 Å². The molecular formula is C15H33NNaO3S. The van der Waals surface area contributed by atoms with E-state index in [2.05, 4.69) is 12.2 Å². The topological polar surface area (TPSA) is 66.4 Å². The first-order chi connectivity index (χ1) is 9.56. The molecule has 0 aromatic carbocycles. The Hall–Kier alpha value is 0.870. The van der Waals surface area contributed by atoms with Crippen molar-refractivity contribution in [2.24, 2.45) is 0 Å². The minimum Gasteiger partial charge on any atom is -0.316 e. The average Bonchev–Trinajstić information content (AvgIpc) is 2.38. The standard InChI is InChI=1S/C15H33NO3S.Na/c1-2-3-4-5-6-7-8-9-10-11-12-13-16-14-15-20(17,18)19;/h16H,2-15H2,1H3,(H,17,18,19);. The van der Waals surface area contributed by atoms with Crippen molar-refractivity contribution in [2.45, 2.75) is 77.6 Å². The average molecular weight is 330 g/mol. The summed E-state index contributed by atoms with van der Waals surface area (Å²) in [5, 5.41) is 3.03. The van der Waals surface area contributed by atoms with Crippen molar-refractivity contribution < 1.29 is 13.0 Å². The molecule has 0 saturated carbocycles. The summed E-state index contributed by atoms with van der Waals surface area (Å²) in [6, 6.07) is 0. The van der Waals surface area contributed by atoms with Crippen LogP contribution in [-0.4, -0.2) is 61.4 Å². The zero-order valence-corrected chi connectivity index (χ0v) is 16.9. The van der Waals surface area contributed by atoms with Gasteiger partial charge >= 0.3 is 0 Å². The van der Waals surface area contributed by atoms with E-state index >= 15 is 0 Å². The summed E-state index contributed by atoms with van der Waals surface area (Å²) in [6.07, 6.45) is 14.5. The fourth-order valence-electron chi connectivity index (χ4n) is 2.24. The maximum absolute atomic E-state index is 10.5. The monoisotopic (exact) mass is 330 g/mol. The molecule has 0 atom stereocenters. The smallest absolute Gasteiger partial charge is 0.266 e. The first-order valence-electron chi connectivity index (χ1n) is 8.22. The molecule has 0 aliphatic rings. The molecule has 0 fully saturated rings. The first-order valence-corrected chi connectivity index (χ1v) is 9.83. The zero-order chi connectivity index (χ0) is 15.1. The molecule has 0 amide bonds. The summed E-state index contributed by atoms with van der Waals surface area (Å²) in [5.41, 5.74) is 0. The molecule has 0 unspecified atom stereocenters. The van der Waals surface area contributed by atoms with Crippen molar-refractivity contribution in [1.29, 1.82) is 0 Å². The van der Waals surface area contributed by atoms with Crippen molar-refractivity contribution in [2.75, 3.05) is 18.8 Å². The largest absolute Gasteiger partial charge is 0.316 e. The molecule has 0 aromatic heterocycles. The summed E-state index contributed by atoms with van der Waals surface area (Å²) in [6.45, 7) is 3.43. The minimum atomic E-state index is -3.80. The Morgan fingerprint density at radius 2 is 1.19 bits per heavy atom. The molecule has 0 spiro atoms. The van der Waals surface area contributed by atoms with Crippen LogP contribution in [0.2, 0.25) is 0 Å². The Bertz CT molecular complexity index is 297. The predicted molar refractivity (Wildman–Crippen MR) is 91.5 cm³/mol. The van der Waals surface area contributed by atoms with Crippen LogP contribution in [0.25, 0.3) is 0 Å². The number of unbranched alkanes of at least 4 members (excludes halogenated alkanes) is 10. The third kappa shape index (κ3) is 23.3. The third-order valence-corrected chi connectivity index (χ3v) is 4.21. The Kier molecular flexibility index (Phi) is 19.8. The number of nitrogens with one attached hydrogen (secondary N) is 1. The van der Waals surface area contributed by atoms with E-state index in [0.717, 1.165) is 13.0 Å². The second-order valence-corrected chi connectivity index (χ2v) is 7.14. The molecule has 2 N–H and O–H groups in total. The number of hydrogen-bond acceptors (Lipinski definition) is 3. The van der Waals surface area contributed by atoms with Crippen LogP contribution in [0.4, 0.5) is 0 Å². The zero-order valence-electron chi connectivity index (χ0n) is 14.1. The Balaban J connectivity index is 0. The van der Waals surface area contributed by atoms with Gasteiger partial charge in [0.05, 0.1) is 5.75 Å². The molecule has 4 nitrogen and oxygen atoms in total. The molecule has 0 aromatic rings. The fourth-order valence-corrected chi connectivity index (χ4v) is 2.64. The molecule has 0 aliphatic carbocycles. The van der Waals surface area contributed by atoms with Crippen LogP contribution in [0.15, 0.2) is 0 Å². The molecule has 0 heterocycles. The SMILES string of the molecule is CCCCCCCCCCCCCNCCS(=O)(=O)O.[Na]. The second kappa shape index (κ2) is 17.2. The molecule has 21 heavy (non-hydrogen) atoms. The number of rotatable bonds is 15. The van der Waals surface area contributed by atoms with Gasteiger partial charge in [0, 0.05) is 36.1 Å². The summed E-state index contributed by atoms with van der Waals surface area (Å²) < 4.78 is 29.5. The van der Waals surface area contributed by atoms with Crippen LogP contribution >= 0.6 is 0 Å². The van der Waals surface area contributed by atoms with Gasteiger partial charge in [-0.2, -0.15) is 8.42 Å². The molecular weight excluding hydrogens is 297 g/mol. The molecule has 1 radical (unpaired) electrons. The van der Waals surface area contributed by atoms with Crippen molar-refractivity contribution in [1.82, 2.24) is 5.32 Å². The van der Waals surface area contributed by atoms with Crippen LogP contribution in [0, 0.1) is 0 Å². The van der Waals surface area contributed by atoms with E-state index in [4.69, 9.17) is 4.55 Å². The van der Waals surface area contributed by atoms with Crippen LogP contribution < -0.4 is 5.32 Å². The van der Waals surface area contributed by atoms with Crippen molar-refractivity contribution in [3.8, 4) is 0 Å². The summed E-state index contributed by atoms with van der Waals surface area (Å²) in [7, 11) is -3.80. The van der Waals surface area contributed by atoms with Gasteiger partial charge in [-0.15, -0.1) is 0 Å². The maximum atomic E-state index is 10.5. The van der Waals surface area contributed by atoms with E-state index in [9.17, 15) is 8.42 Å². The van der Waals surface area contributed by atoms with Gasteiger partial charge in [0.2, 0.25) is 0 Å². The van der Waals surface area contributed by atoms with E-state index in [1.165, 1.54) is 64.2 Å². The van der Waals surface area contributed by atoms with Gasteiger partial charge in [-0.1, -0.05) is 71.1 Å². The van der Waals surface area contributed by atoms with Gasteiger partial charge in [-0.3, -0.25) is 4.55 Å². The van der Waals surface area contributed by atoms with E-state index in [1.807, 2.05) is 0 Å². The van der Waals surface area contributed by atoms with Gasteiger partial charge in [0.1, 0.15) is 0 Å². The van der Waals surface area contributed by atoms with Crippen LogP contribution in [-0.2, 0) is 10.1 Å². The van der Waals surface area contributed by atoms with Gasteiger partial charge in [-0.05, 0) is 13.0 Å². The fraction of sp³-hybridized carbons (Fsp3) is 1.00. The summed E-state index contributed by atoms with van der Waals surface area (Å²) in [4.78, 5) is 0. The van der Waals surface area contributed by atoms with Crippen LogP contribution in [0.1, 0.15) is 77.6 Å². The van der Waals surface area contributed by atoms with Gasteiger partial charge < -0.3 is 5.32 Å². The Morgan fingerprint density at radius 1 is 0.762 bits per heavy atom. The van der Waals surface area contributed by atoms with E-state index in [1.54, 1.807) is 0 Å². The predicted octanol–water partition coefficient (Wildman–Crippen LogP) is 3.39. The summed E-state index contributed by atoms with van der Waals surface area (Å²) in [5.74, 6) is -0.189. The Labute approximate surface area is 153 Å². The van der Waals surface area contributed by atoms with Gasteiger partial charge in [-0.25, -0.2) is 0 Å². The quantitative estimate of drug-likeness (QED) is 0.274. The molecule has 6 heteroatoms. The first kappa shape index (κ1) is 24.1. The van der Waals surface area contributed by atoms with Crippen LogP contribution in [0.3, 0.4) is 0 Å². The Morgan fingerprint density at radius 3 is 1.62 bits per heavy atom. The summed E-state index contributed by atoms with van der Waals surface area (Å²) >= 11 is 0. The van der Waals surface area contributed by atoms with Crippen LogP contribution in [0.5, 0.6) is 0 Å². The molecule has 0 rings (SSSR count). The normalized spacial score (nSPS) is 11.3. The van der Waals surface area contributed by atoms with Gasteiger partial charge in [0.25, 0.3) is 10.1 Å². The number of hydrogen-bond donors (Lipinski definition) is 2. The molecule has 0 saturated heterocycles. The van der Waals surface area contributed by atoms with Crippen molar-refractivity contribution >= 4 is 39.7 Å². The van der Waals surface area contributed by atoms with Crippen molar-refractivity contribution in [3.63, 3.8) is 0 Å². The minimum absolute atomic E-state index is 0. The molecule has 0 aliphatic heterocycles. The second-order valence-electron chi connectivity index (χ2n) is 5.57. The maximum Gasteiger partial charge on any atom is 0.266 e. The molecule has 123 valence electrons. The molecule has 0 bridgehead atoms.